The average Bonchev–Trinajstić information content (AvgIpc) is 3.30. The lowest BCUT2D eigenvalue weighted by Crippen LogP contribution is -2.56. The fourth-order valence-electron chi connectivity index (χ4n) is 3.51. The zero-order chi connectivity index (χ0) is 15.0. The molecule has 0 spiro atoms. The van der Waals surface area contributed by atoms with E-state index in [1.807, 2.05) is 6.92 Å². The molecule has 0 radical (unpaired) electrons. The van der Waals surface area contributed by atoms with Crippen LogP contribution in [0.3, 0.4) is 0 Å². The first-order valence-electron chi connectivity index (χ1n) is 8.33. The van der Waals surface area contributed by atoms with Crippen molar-refractivity contribution < 1.29 is 0 Å². The molecule has 2 heterocycles. The van der Waals surface area contributed by atoms with Gasteiger partial charge in [-0.1, -0.05) is 18.5 Å². The Morgan fingerprint density at radius 2 is 2.10 bits per heavy atom. The van der Waals surface area contributed by atoms with E-state index in [9.17, 15) is 0 Å². The minimum absolute atomic E-state index is 0.608. The number of aryl methyl sites for hydroxylation is 2. The van der Waals surface area contributed by atoms with Gasteiger partial charge in [-0.15, -0.1) is 0 Å². The van der Waals surface area contributed by atoms with Gasteiger partial charge in [0.1, 0.15) is 0 Å². The van der Waals surface area contributed by atoms with Crippen molar-refractivity contribution in [2.24, 2.45) is 5.92 Å². The molecule has 1 aromatic heterocycles. The predicted octanol–water partition coefficient (Wildman–Crippen LogP) is 2.83. The first-order valence-corrected chi connectivity index (χ1v) is 8.71. The molecule has 1 saturated heterocycles. The molecule has 1 N–H and O–H groups in total. The van der Waals surface area contributed by atoms with Crippen LogP contribution in [-0.4, -0.2) is 39.9 Å². The molecule has 0 bridgehead atoms. The van der Waals surface area contributed by atoms with Gasteiger partial charge in [-0.05, 0) is 39.0 Å². The maximum Gasteiger partial charge on any atom is 0.0860 e. The lowest BCUT2D eigenvalue weighted by molar-refractivity contribution is 0.108. The highest BCUT2D eigenvalue weighted by atomic mass is 35.5. The van der Waals surface area contributed by atoms with Gasteiger partial charge < -0.3 is 5.32 Å². The zero-order valence-corrected chi connectivity index (χ0v) is 14.2. The third-order valence-electron chi connectivity index (χ3n) is 5.03. The number of halogens is 1. The molecular weight excluding hydrogens is 284 g/mol. The van der Waals surface area contributed by atoms with Crippen molar-refractivity contribution in [3.63, 3.8) is 0 Å². The fraction of sp³-hybridized carbons (Fsp3) is 0.812. The molecule has 2 aliphatic rings. The molecule has 1 aliphatic heterocycles. The molecule has 0 amide bonds. The minimum Gasteiger partial charge on any atom is -0.311 e. The highest BCUT2D eigenvalue weighted by Crippen LogP contribution is 2.35. The third kappa shape index (κ3) is 3.13. The highest BCUT2D eigenvalue weighted by molar-refractivity contribution is 6.31. The summed E-state index contributed by atoms with van der Waals surface area (Å²) in [4.78, 5) is 2.62. The first-order chi connectivity index (χ1) is 10.1. The van der Waals surface area contributed by atoms with E-state index in [2.05, 4.69) is 33.8 Å². The molecule has 2 unspecified atom stereocenters. The topological polar surface area (TPSA) is 33.1 Å². The van der Waals surface area contributed by atoms with Crippen molar-refractivity contribution in [2.45, 2.75) is 65.2 Å². The maximum absolute atomic E-state index is 6.49. The minimum atomic E-state index is 0.608. The van der Waals surface area contributed by atoms with Crippen LogP contribution >= 0.6 is 11.6 Å². The molecule has 5 heteroatoms. The van der Waals surface area contributed by atoms with Crippen molar-refractivity contribution in [1.82, 2.24) is 20.0 Å². The van der Waals surface area contributed by atoms with Gasteiger partial charge in [0.2, 0.25) is 0 Å². The number of piperazine rings is 1. The van der Waals surface area contributed by atoms with Crippen LogP contribution in [0.5, 0.6) is 0 Å². The van der Waals surface area contributed by atoms with Crippen LogP contribution in [0.1, 0.15) is 44.5 Å². The molecule has 4 nitrogen and oxygen atoms in total. The first kappa shape index (κ1) is 15.3. The SMILES string of the molecule is CCC1CNC(C2CC2)CN1Cc1c(Cl)c(C)nn1CC. The number of aromatic nitrogens is 2. The van der Waals surface area contributed by atoms with Gasteiger partial charge in [0.25, 0.3) is 0 Å². The predicted molar refractivity (Wildman–Crippen MR) is 86.7 cm³/mol. The lowest BCUT2D eigenvalue weighted by atomic mass is 10.0. The summed E-state index contributed by atoms with van der Waals surface area (Å²) in [6.45, 7) is 10.5. The van der Waals surface area contributed by atoms with E-state index in [4.69, 9.17) is 11.6 Å². The Labute approximate surface area is 132 Å². The molecule has 3 rings (SSSR count). The quantitative estimate of drug-likeness (QED) is 0.908. The van der Waals surface area contributed by atoms with Crippen LogP contribution in [0.4, 0.5) is 0 Å². The largest absolute Gasteiger partial charge is 0.311 e. The van der Waals surface area contributed by atoms with E-state index in [-0.39, 0.29) is 0 Å². The number of hydrogen-bond donors (Lipinski definition) is 1. The van der Waals surface area contributed by atoms with E-state index < -0.39 is 0 Å². The van der Waals surface area contributed by atoms with E-state index in [0.717, 1.165) is 42.8 Å². The van der Waals surface area contributed by atoms with Gasteiger partial charge in [0, 0.05) is 38.3 Å². The molecular formula is C16H27ClN4. The summed E-state index contributed by atoms with van der Waals surface area (Å²) in [6, 6.07) is 1.28. The van der Waals surface area contributed by atoms with Crippen molar-refractivity contribution in [3.05, 3.63) is 16.4 Å². The van der Waals surface area contributed by atoms with Crippen LogP contribution in [0.25, 0.3) is 0 Å². The second-order valence-corrected chi connectivity index (χ2v) is 6.88. The van der Waals surface area contributed by atoms with Crippen LogP contribution in [0.2, 0.25) is 5.02 Å². The van der Waals surface area contributed by atoms with Crippen LogP contribution in [0.15, 0.2) is 0 Å². The van der Waals surface area contributed by atoms with E-state index in [0.29, 0.717) is 12.1 Å². The Morgan fingerprint density at radius 3 is 2.71 bits per heavy atom. The number of rotatable bonds is 5. The van der Waals surface area contributed by atoms with E-state index in [1.54, 1.807) is 0 Å². The molecule has 2 fully saturated rings. The molecule has 118 valence electrons. The summed E-state index contributed by atoms with van der Waals surface area (Å²) in [5, 5.41) is 9.16. The fourth-order valence-corrected chi connectivity index (χ4v) is 3.70. The van der Waals surface area contributed by atoms with Crippen molar-refractivity contribution >= 4 is 11.6 Å². The summed E-state index contributed by atoms with van der Waals surface area (Å²) in [5.74, 6) is 0.901. The van der Waals surface area contributed by atoms with Gasteiger partial charge in [-0.25, -0.2) is 0 Å². The van der Waals surface area contributed by atoms with Crippen molar-refractivity contribution in [2.75, 3.05) is 13.1 Å². The van der Waals surface area contributed by atoms with E-state index >= 15 is 0 Å². The zero-order valence-electron chi connectivity index (χ0n) is 13.4. The summed E-state index contributed by atoms with van der Waals surface area (Å²) >= 11 is 6.49. The maximum atomic E-state index is 6.49. The van der Waals surface area contributed by atoms with Crippen molar-refractivity contribution in [1.29, 1.82) is 0 Å². The Hall–Kier alpha value is -0.580. The van der Waals surface area contributed by atoms with Crippen LogP contribution in [-0.2, 0) is 13.1 Å². The lowest BCUT2D eigenvalue weighted by Gasteiger charge is -2.40. The summed E-state index contributed by atoms with van der Waals surface area (Å²) in [5.41, 5.74) is 2.14. The normalized spacial score (nSPS) is 27.2. The Bertz CT molecular complexity index is 495. The Kier molecular flexibility index (Phi) is 4.57. The van der Waals surface area contributed by atoms with Gasteiger partial charge in [-0.2, -0.15) is 5.10 Å². The molecule has 21 heavy (non-hydrogen) atoms. The van der Waals surface area contributed by atoms with Crippen LogP contribution < -0.4 is 5.32 Å². The number of hydrogen-bond acceptors (Lipinski definition) is 3. The Morgan fingerprint density at radius 1 is 1.33 bits per heavy atom. The second-order valence-electron chi connectivity index (χ2n) is 6.51. The molecule has 1 aromatic rings. The molecule has 2 atom stereocenters. The Balaban J connectivity index is 1.77. The highest BCUT2D eigenvalue weighted by Gasteiger charge is 2.37. The summed E-state index contributed by atoms with van der Waals surface area (Å²) in [6.07, 6.45) is 3.98. The third-order valence-corrected chi connectivity index (χ3v) is 5.52. The molecule has 0 aromatic carbocycles. The summed E-state index contributed by atoms with van der Waals surface area (Å²) in [7, 11) is 0. The average molecular weight is 311 g/mol. The van der Waals surface area contributed by atoms with Gasteiger partial charge in [-0.3, -0.25) is 9.58 Å². The summed E-state index contributed by atoms with van der Waals surface area (Å²) < 4.78 is 2.07. The van der Waals surface area contributed by atoms with Crippen molar-refractivity contribution in [3.8, 4) is 0 Å². The van der Waals surface area contributed by atoms with E-state index in [1.165, 1.54) is 25.0 Å². The van der Waals surface area contributed by atoms with Gasteiger partial charge in [0.05, 0.1) is 16.4 Å². The standard InChI is InChI=1S/C16H27ClN4/c1-4-13-8-18-14(12-6-7-12)9-20(13)10-15-16(17)11(3)19-21(15)5-2/h12-14,18H,4-10H2,1-3H3. The van der Waals surface area contributed by atoms with Crippen LogP contribution in [0, 0.1) is 12.8 Å². The number of nitrogens with zero attached hydrogens (tertiary/aromatic N) is 3. The van der Waals surface area contributed by atoms with Gasteiger partial charge >= 0.3 is 0 Å². The monoisotopic (exact) mass is 310 g/mol. The second kappa shape index (κ2) is 6.27. The molecule has 1 saturated carbocycles. The number of nitrogens with one attached hydrogen (secondary N) is 1. The van der Waals surface area contributed by atoms with Gasteiger partial charge in [0.15, 0.2) is 0 Å². The molecule has 1 aliphatic carbocycles. The smallest absolute Gasteiger partial charge is 0.0860 e.